The number of ether oxygens (including phenoxy) is 1. The number of carbonyl (C=O) groups is 1. The van der Waals surface area contributed by atoms with E-state index in [2.05, 4.69) is 10.6 Å². The van der Waals surface area contributed by atoms with Crippen molar-refractivity contribution >= 4 is 29.8 Å². The summed E-state index contributed by atoms with van der Waals surface area (Å²) in [4.78, 5) is 22.6. The van der Waals surface area contributed by atoms with Crippen LogP contribution in [0.3, 0.4) is 0 Å². The minimum atomic E-state index is -0.526. The SMILES string of the molecule is Cl.Cn1c(C(=O)Nc2ccc3c(c2)CNCCO3)ccc1[N+](=O)[O-]. The lowest BCUT2D eigenvalue weighted by atomic mass is 10.1. The third kappa shape index (κ3) is 3.50. The summed E-state index contributed by atoms with van der Waals surface area (Å²) in [6.45, 7) is 2.03. The number of hydrogen-bond donors (Lipinski definition) is 2. The standard InChI is InChI=1S/C15H16N4O4.ClH/c1-18-12(3-5-14(18)19(21)22)15(20)17-11-2-4-13-10(8-11)9-16-6-7-23-13;/h2-5,8,16H,6-7,9H2,1H3,(H,17,20);1H. The molecule has 1 aliphatic heterocycles. The molecule has 2 heterocycles. The molecule has 0 saturated heterocycles. The first-order chi connectivity index (χ1) is 11.1. The summed E-state index contributed by atoms with van der Waals surface area (Å²) < 4.78 is 6.84. The zero-order valence-corrected chi connectivity index (χ0v) is 13.8. The fraction of sp³-hybridized carbons (Fsp3) is 0.267. The molecule has 2 aromatic rings. The number of nitrogens with zero attached hydrogens (tertiary/aromatic N) is 2. The van der Waals surface area contributed by atoms with Gasteiger partial charge in [0.25, 0.3) is 5.91 Å². The second-order valence-electron chi connectivity index (χ2n) is 5.19. The van der Waals surface area contributed by atoms with Crippen LogP contribution in [0.15, 0.2) is 30.3 Å². The van der Waals surface area contributed by atoms with E-state index in [0.29, 0.717) is 18.8 Å². The predicted octanol–water partition coefficient (Wildman–Crippen LogP) is 2.09. The van der Waals surface area contributed by atoms with Gasteiger partial charge in [0, 0.05) is 30.4 Å². The van der Waals surface area contributed by atoms with Crippen molar-refractivity contribution in [2.75, 3.05) is 18.5 Å². The molecular weight excluding hydrogens is 336 g/mol. The number of nitrogens with one attached hydrogen (secondary N) is 2. The van der Waals surface area contributed by atoms with Gasteiger partial charge in [-0.3, -0.25) is 4.79 Å². The molecule has 1 amide bonds. The summed E-state index contributed by atoms with van der Waals surface area (Å²) in [6, 6.07) is 8.14. The normalized spacial score (nSPS) is 13.0. The van der Waals surface area contributed by atoms with Crippen molar-refractivity contribution in [2.24, 2.45) is 7.05 Å². The van der Waals surface area contributed by atoms with Gasteiger partial charge in [-0.1, -0.05) is 0 Å². The molecule has 1 aromatic carbocycles. The number of fused-ring (bicyclic) bond motifs is 1. The lowest BCUT2D eigenvalue weighted by Gasteiger charge is -2.10. The number of carbonyl (C=O) groups excluding carboxylic acids is 1. The molecule has 2 N–H and O–H groups in total. The van der Waals surface area contributed by atoms with Crippen LogP contribution in [0.5, 0.6) is 5.75 Å². The molecule has 0 bridgehead atoms. The number of rotatable bonds is 3. The van der Waals surface area contributed by atoms with Crippen LogP contribution in [0.4, 0.5) is 11.5 Å². The van der Waals surface area contributed by atoms with Crippen molar-refractivity contribution in [2.45, 2.75) is 6.54 Å². The summed E-state index contributed by atoms with van der Waals surface area (Å²) in [5, 5.41) is 16.8. The van der Waals surface area contributed by atoms with Crippen LogP contribution in [0.1, 0.15) is 16.1 Å². The zero-order valence-electron chi connectivity index (χ0n) is 12.9. The minimum Gasteiger partial charge on any atom is -0.492 e. The van der Waals surface area contributed by atoms with Crippen molar-refractivity contribution in [3.8, 4) is 5.75 Å². The summed E-state index contributed by atoms with van der Waals surface area (Å²) in [5.74, 6) is 0.264. The first kappa shape index (κ1) is 17.8. The molecule has 0 atom stereocenters. The summed E-state index contributed by atoms with van der Waals surface area (Å²) in [7, 11) is 1.49. The fourth-order valence-electron chi connectivity index (χ4n) is 2.50. The first-order valence-corrected chi connectivity index (χ1v) is 7.14. The first-order valence-electron chi connectivity index (χ1n) is 7.14. The lowest BCUT2D eigenvalue weighted by molar-refractivity contribution is -0.391. The highest BCUT2D eigenvalue weighted by atomic mass is 35.5. The van der Waals surface area contributed by atoms with Gasteiger partial charge < -0.3 is 25.5 Å². The van der Waals surface area contributed by atoms with Crippen LogP contribution in [0, 0.1) is 10.1 Å². The lowest BCUT2D eigenvalue weighted by Crippen LogP contribution is -2.17. The average molecular weight is 353 g/mol. The summed E-state index contributed by atoms with van der Waals surface area (Å²) >= 11 is 0. The molecule has 1 aromatic heterocycles. The molecule has 24 heavy (non-hydrogen) atoms. The van der Waals surface area contributed by atoms with E-state index < -0.39 is 10.8 Å². The van der Waals surface area contributed by atoms with Gasteiger partial charge in [-0.15, -0.1) is 12.4 Å². The van der Waals surface area contributed by atoms with Gasteiger partial charge in [0.2, 0.25) is 0 Å². The molecule has 8 nitrogen and oxygen atoms in total. The van der Waals surface area contributed by atoms with Crippen LogP contribution in [-0.2, 0) is 13.6 Å². The molecular formula is C15H17ClN4O4. The van der Waals surface area contributed by atoms with Crippen LogP contribution < -0.4 is 15.4 Å². The predicted molar refractivity (Wildman–Crippen MR) is 90.9 cm³/mol. The Hall–Kier alpha value is -2.58. The molecule has 0 spiro atoms. The number of nitro groups is 1. The Morgan fingerprint density at radius 3 is 2.88 bits per heavy atom. The summed E-state index contributed by atoms with van der Waals surface area (Å²) in [6.07, 6.45) is 0. The highest BCUT2D eigenvalue weighted by molar-refractivity contribution is 6.03. The largest absolute Gasteiger partial charge is 0.492 e. The molecule has 0 radical (unpaired) electrons. The maximum Gasteiger partial charge on any atom is 0.323 e. The van der Waals surface area contributed by atoms with Crippen molar-refractivity contribution in [3.05, 3.63) is 51.7 Å². The van der Waals surface area contributed by atoms with Gasteiger partial charge in [-0.05, 0) is 29.2 Å². The summed E-state index contributed by atoms with van der Waals surface area (Å²) in [5.41, 5.74) is 1.80. The van der Waals surface area contributed by atoms with Gasteiger partial charge in [0.1, 0.15) is 12.4 Å². The smallest absolute Gasteiger partial charge is 0.323 e. The Balaban J connectivity index is 0.00000208. The topological polar surface area (TPSA) is 98.4 Å². The Morgan fingerprint density at radius 2 is 2.17 bits per heavy atom. The van der Waals surface area contributed by atoms with Crippen molar-refractivity contribution in [1.82, 2.24) is 9.88 Å². The van der Waals surface area contributed by atoms with Crippen molar-refractivity contribution < 1.29 is 14.5 Å². The maximum atomic E-state index is 12.3. The number of hydrogen-bond acceptors (Lipinski definition) is 5. The number of anilines is 1. The van der Waals surface area contributed by atoms with E-state index in [1.54, 1.807) is 6.07 Å². The third-order valence-corrected chi connectivity index (χ3v) is 3.69. The van der Waals surface area contributed by atoms with E-state index >= 15 is 0 Å². The number of benzene rings is 1. The molecule has 1 aliphatic rings. The van der Waals surface area contributed by atoms with Gasteiger partial charge in [0.05, 0.1) is 7.05 Å². The molecule has 9 heteroatoms. The van der Waals surface area contributed by atoms with Gasteiger partial charge in [-0.2, -0.15) is 0 Å². The van der Waals surface area contributed by atoms with E-state index in [9.17, 15) is 14.9 Å². The molecule has 0 fully saturated rings. The van der Waals surface area contributed by atoms with Crippen molar-refractivity contribution in [3.63, 3.8) is 0 Å². The quantitative estimate of drug-likeness (QED) is 0.651. The minimum absolute atomic E-state index is 0. The third-order valence-electron chi connectivity index (χ3n) is 3.69. The highest BCUT2D eigenvalue weighted by Gasteiger charge is 2.21. The molecule has 0 saturated carbocycles. The monoisotopic (exact) mass is 352 g/mol. The van der Waals surface area contributed by atoms with Crippen LogP contribution in [-0.4, -0.2) is 28.5 Å². The highest BCUT2D eigenvalue weighted by Crippen LogP contribution is 2.25. The van der Waals surface area contributed by atoms with E-state index in [4.69, 9.17) is 4.74 Å². The Morgan fingerprint density at radius 1 is 1.38 bits per heavy atom. The number of halogens is 1. The van der Waals surface area contributed by atoms with E-state index in [1.807, 2.05) is 12.1 Å². The second-order valence-corrected chi connectivity index (χ2v) is 5.19. The molecule has 0 aliphatic carbocycles. The van der Waals surface area contributed by atoms with E-state index in [1.165, 1.54) is 23.7 Å². The average Bonchev–Trinajstić information content (AvgIpc) is 2.76. The Bertz CT molecular complexity index is 775. The van der Waals surface area contributed by atoms with Gasteiger partial charge in [-0.25, -0.2) is 4.57 Å². The van der Waals surface area contributed by atoms with Crippen molar-refractivity contribution in [1.29, 1.82) is 0 Å². The Kier molecular flexibility index (Phi) is 5.42. The van der Waals surface area contributed by atoms with Crippen LogP contribution >= 0.6 is 12.4 Å². The maximum absolute atomic E-state index is 12.3. The fourth-order valence-corrected chi connectivity index (χ4v) is 2.50. The second kappa shape index (κ2) is 7.33. The van der Waals surface area contributed by atoms with Crippen LogP contribution in [0.25, 0.3) is 0 Å². The van der Waals surface area contributed by atoms with Gasteiger partial charge in [0.15, 0.2) is 5.69 Å². The van der Waals surface area contributed by atoms with E-state index in [-0.39, 0.29) is 23.9 Å². The number of aromatic nitrogens is 1. The van der Waals surface area contributed by atoms with E-state index in [0.717, 1.165) is 17.9 Å². The molecule has 3 rings (SSSR count). The van der Waals surface area contributed by atoms with Crippen LogP contribution in [0.2, 0.25) is 0 Å². The van der Waals surface area contributed by atoms with Gasteiger partial charge >= 0.3 is 5.82 Å². The Labute approximate surface area is 144 Å². The molecule has 128 valence electrons. The zero-order chi connectivity index (χ0) is 16.4. The number of amides is 1. The molecule has 0 unspecified atom stereocenters.